The molecule has 0 aliphatic heterocycles. The van der Waals surface area contributed by atoms with Crippen molar-refractivity contribution < 1.29 is 18.0 Å². The minimum Gasteiger partial charge on any atom is -0.347 e. The summed E-state index contributed by atoms with van der Waals surface area (Å²) >= 11 is 3.14. The van der Waals surface area contributed by atoms with Gasteiger partial charge in [-0.25, -0.2) is 0 Å². The summed E-state index contributed by atoms with van der Waals surface area (Å²) in [5, 5.41) is 2.88. The van der Waals surface area contributed by atoms with Crippen molar-refractivity contribution in [1.82, 2.24) is 5.32 Å². The molecule has 0 atom stereocenters. The van der Waals surface area contributed by atoms with E-state index in [0.29, 0.717) is 4.47 Å². The number of amides is 1. The van der Waals surface area contributed by atoms with E-state index in [4.69, 9.17) is 0 Å². The van der Waals surface area contributed by atoms with Gasteiger partial charge < -0.3 is 5.32 Å². The fraction of sp³-hybridized carbons (Fsp3) is 0.500. The molecule has 1 amide bonds. The van der Waals surface area contributed by atoms with Crippen LogP contribution in [0.3, 0.4) is 0 Å². The van der Waals surface area contributed by atoms with Crippen LogP contribution in [0.5, 0.6) is 0 Å². The van der Waals surface area contributed by atoms with Gasteiger partial charge in [-0.15, -0.1) is 0 Å². The number of nitrogens with one attached hydrogen (secondary N) is 1. The minimum absolute atomic E-state index is 0.0274. The molecule has 2 nitrogen and oxygen atoms in total. The Morgan fingerprint density at radius 2 is 2.05 bits per heavy atom. The van der Waals surface area contributed by atoms with E-state index >= 15 is 0 Å². The van der Waals surface area contributed by atoms with Crippen LogP contribution in [0.1, 0.15) is 48.5 Å². The van der Waals surface area contributed by atoms with Crippen LogP contribution in [0.2, 0.25) is 0 Å². The third kappa shape index (κ3) is 3.00. The summed E-state index contributed by atoms with van der Waals surface area (Å²) in [6.45, 7) is 1.97. The molecule has 110 valence electrons. The maximum absolute atomic E-state index is 12.7. The molecular weight excluding hydrogens is 335 g/mol. The van der Waals surface area contributed by atoms with Crippen molar-refractivity contribution >= 4 is 21.8 Å². The monoisotopic (exact) mass is 349 g/mol. The molecule has 0 unspecified atom stereocenters. The summed E-state index contributed by atoms with van der Waals surface area (Å²) in [7, 11) is 0. The lowest BCUT2D eigenvalue weighted by Gasteiger charge is -2.42. The summed E-state index contributed by atoms with van der Waals surface area (Å²) in [4.78, 5) is 12.2. The highest BCUT2D eigenvalue weighted by Crippen LogP contribution is 2.36. The molecule has 1 N–H and O–H groups in total. The highest BCUT2D eigenvalue weighted by Gasteiger charge is 2.37. The zero-order chi connectivity index (χ0) is 15.0. The molecule has 0 heterocycles. The molecule has 2 rings (SSSR count). The predicted molar refractivity (Wildman–Crippen MR) is 73.5 cm³/mol. The number of alkyl halides is 3. The van der Waals surface area contributed by atoms with Gasteiger partial charge in [0.2, 0.25) is 0 Å². The van der Waals surface area contributed by atoms with Crippen LogP contribution in [0.4, 0.5) is 13.2 Å². The fourth-order valence-corrected chi connectivity index (χ4v) is 2.78. The molecule has 1 aromatic rings. The van der Waals surface area contributed by atoms with Crippen molar-refractivity contribution in [2.75, 3.05) is 0 Å². The average Bonchev–Trinajstić information content (AvgIpc) is 2.32. The zero-order valence-electron chi connectivity index (χ0n) is 11.0. The highest BCUT2D eigenvalue weighted by molar-refractivity contribution is 9.10. The Bertz CT molecular complexity index is 518. The van der Waals surface area contributed by atoms with Gasteiger partial charge in [0.15, 0.2) is 0 Å². The SMILES string of the molecule is CCC1(NC(=O)c2cc(C(F)(F)F)ccc2Br)CCC1. The van der Waals surface area contributed by atoms with Crippen LogP contribution < -0.4 is 5.32 Å². The minimum atomic E-state index is -4.45. The van der Waals surface area contributed by atoms with E-state index in [1.165, 1.54) is 6.07 Å². The summed E-state index contributed by atoms with van der Waals surface area (Å²) in [5.74, 6) is -0.454. The molecule has 1 fully saturated rings. The highest BCUT2D eigenvalue weighted by atomic mass is 79.9. The molecular formula is C14H15BrF3NO. The number of rotatable bonds is 3. The second-order valence-electron chi connectivity index (χ2n) is 5.13. The Morgan fingerprint density at radius 3 is 2.50 bits per heavy atom. The van der Waals surface area contributed by atoms with Crippen molar-refractivity contribution in [1.29, 1.82) is 0 Å². The van der Waals surface area contributed by atoms with Crippen LogP contribution in [0, 0.1) is 0 Å². The molecule has 1 aromatic carbocycles. The van der Waals surface area contributed by atoms with Gasteiger partial charge in [-0.1, -0.05) is 6.92 Å². The van der Waals surface area contributed by atoms with Gasteiger partial charge in [-0.2, -0.15) is 13.2 Å². The quantitative estimate of drug-likeness (QED) is 0.853. The number of halogens is 4. The zero-order valence-corrected chi connectivity index (χ0v) is 12.6. The van der Waals surface area contributed by atoms with Gasteiger partial charge in [0.1, 0.15) is 0 Å². The molecule has 1 saturated carbocycles. The van der Waals surface area contributed by atoms with E-state index in [-0.39, 0.29) is 11.1 Å². The van der Waals surface area contributed by atoms with E-state index in [1.807, 2.05) is 6.92 Å². The van der Waals surface area contributed by atoms with Crippen LogP contribution in [-0.4, -0.2) is 11.4 Å². The van der Waals surface area contributed by atoms with E-state index in [9.17, 15) is 18.0 Å². The Balaban J connectivity index is 2.25. The molecule has 0 radical (unpaired) electrons. The molecule has 0 bridgehead atoms. The first-order valence-corrected chi connectivity index (χ1v) is 7.26. The van der Waals surface area contributed by atoms with Crippen molar-refractivity contribution in [3.8, 4) is 0 Å². The topological polar surface area (TPSA) is 29.1 Å². The molecule has 1 aliphatic carbocycles. The number of benzene rings is 1. The first-order chi connectivity index (χ1) is 9.27. The molecule has 6 heteroatoms. The maximum atomic E-state index is 12.7. The number of hydrogen-bond donors (Lipinski definition) is 1. The molecule has 20 heavy (non-hydrogen) atoms. The summed E-state index contributed by atoms with van der Waals surface area (Å²) < 4.78 is 38.5. The first-order valence-electron chi connectivity index (χ1n) is 6.47. The van der Waals surface area contributed by atoms with Crippen LogP contribution in [0.25, 0.3) is 0 Å². The Hall–Kier alpha value is -1.04. The lowest BCUT2D eigenvalue weighted by Crippen LogP contribution is -2.53. The lowest BCUT2D eigenvalue weighted by molar-refractivity contribution is -0.137. The second-order valence-corrected chi connectivity index (χ2v) is 5.99. The third-order valence-corrected chi connectivity index (χ3v) is 4.60. The normalized spacial score (nSPS) is 17.4. The number of carbonyl (C=O) groups is 1. The molecule has 0 spiro atoms. The van der Waals surface area contributed by atoms with Crippen molar-refractivity contribution in [3.05, 3.63) is 33.8 Å². The van der Waals surface area contributed by atoms with Gasteiger partial charge >= 0.3 is 6.18 Å². The largest absolute Gasteiger partial charge is 0.416 e. The van der Waals surface area contributed by atoms with E-state index in [0.717, 1.165) is 37.8 Å². The van der Waals surface area contributed by atoms with Crippen LogP contribution in [-0.2, 0) is 6.18 Å². The summed E-state index contributed by atoms with van der Waals surface area (Å²) in [6.07, 6.45) is -0.862. The van der Waals surface area contributed by atoms with Crippen molar-refractivity contribution in [2.24, 2.45) is 0 Å². The van der Waals surface area contributed by atoms with Gasteiger partial charge in [0.05, 0.1) is 11.1 Å². The summed E-state index contributed by atoms with van der Waals surface area (Å²) in [6, 6.07) is 3.11. The van der Waals surface area contributed by atoms with E-state index in [2.05, 4.69) is 21.2 Å². The smallest absolute Gasteiger partial charge is 0.347 e. The first kappa shape index (κ1) is 15.4. The standard InChI is InChI=1S/C14H15BrF3NO/c1-2-13(6-3-7-13)19-12(20)10-8-9(14(16,17)18)4-5-11(10)15/h4-5,8H,2-3,6-7H2,1H3,(H,19,20). The maximum Gasteiger partial charge on any atom is 0.416 e. The van der Waals surface area contributed by atoms with Crippen LogP contribution in [0.15, 0.2) is 22.7 Å². The number of carbonyl (C=O) groups excluding carboxylic acids is 1. The van der Waals surface area contributed by atoms with Gasteiger partial charge in [0, 0.05) is 10.0 Å². The average molecular weight is 350 g/mol. The predicted octanol–water partition coefficient (Wildman–Crippen LogP) is 4.53. The Labute approximate surface area is 123 Å². The van der Waals surface area contributed by atoms with E-state index < -0.39 is 17.6 Å². The van der Waals surface area contributed by atoms with Gasteiger partial charge in [-0.05, 0) is 59.8 Å². The Morgan fingerprint density at radius 1 is 1.40 bits per heavy atom. The van der Waals surface area contributed by atoms with Gasteiger partial charge in [0.25, 0.3) is 5.91 Å². The Kier molecular flexibility index (Phi) is 4.14. The van der Waals surface area contributed by atoms with Crippen molar-refractivity contribution in [2.45, 2.75) is 44.3 Å². The molecule has 0 saturated heterocycles. The van der Waals surface area contributed by atoms with Crippen molar-refractivity contribution in [3.63, 3.8) is 0 Å². The molecule has 1 aliphatic rings. The van der Waals surface area contributed by atoms with E-state index in [1.54, 1.807) is 0 Å². The van der Waals surface area contributed by atoms with Crippen LogP contribution >= 0.6 is 15.9 Å². The third-order valence-electron chi connectivity index (χ3n) is 3.90. The number of hydrogen-bond acceptors (Lipinski definition) is 1. The summed E-state index contributed by atoms with van der Waals surface area (Å²) in [5.41, 5.74) is -1.03. The lowest BCUT2D eigenvalue weighted by atomic mass is 9.74. The second kappa shape index (κ2) is 5.39. The molecule has 0 aromatic heterocycles. The fourth-order valence-electron chi connectivity index (χ4n) is 2.35. The van der Waals surface area contributed by atoms with Gasteiger partial charge in [-0.3, -0.25) is 4.79 Å².